The van der Waals surface area contributed by atoms with Crippen molar-refractivity contribution in [1.82, 2.24) is 10.2 Å². The number of amides is 1. The van der Waals surface area contributed by atoms with Gasteiger partial charge in [-0.15, -0.1) is 0 Å². The SMILES string of the molecule is CS(=O)(=O)Nc1ccc2c(c1)/C(=C\c1ccc3cn[nH]c3c1)C(=O)N2. The van der Waals surface area contributed by atoms with Crippen molar-refractivity contribution in [3.63, 3.8) is 0 Å². The summed E-state index contributed by atoms with van der Waals surface area (Å²) >= 11 is 0. The number of benzene rings is 2. The van der Waals surface area contributed by atoms with Crippen LogP contribution in [-0.4, -0.2) is 30.8 Å². The third-order valence-corrected chi connectivity index (χ3v) is 4.49. The first-order valence-electron chi connectivity index (χ1n) is 7.47. The molecule has 0 aliphatic carbocycles. The van der Waals surface area contributed by atoms with Crippen molar-refractivity contribution >= 4 is 49.9 Å². The lowest BCUT2D eigenvalue weighted by Gasteiger charge is -2.06. The first kappa shape index (κ1) is 15.4. The molecule has 7 nitrogen and oxygen atoms in total. The Hall–Kier alpha value is -3.13. The second-order valence-electron chi connectivity index (χ2n) is 5.86. The van der Waals surface area contributed by atoms with Crippen LogP contribution in [0.2, 0.25) is 0 Å². The van der Waals surface area contributed by atoms with Crippen LogP contribution in [0.1, 0.15) is 11.1 Å². The average Bonchev–Trinajstić information content (AvgIpc) is 3.11. The number of sulfonamides is 1. The van der Waals surface area contributed by atoms with Gasteiger partial charge in [0.1, 0.15) is 0 Å². The van der Waals surface area contributed by atoms with Crippen LogP contribution in [0.5, 0.6) is 0 Å². The zero-order chi connectivity index (χ0) is 17.6. The van der Waals surface area contributed by atoms with E-state index in [1.54, 1.807) is 30.5 Å². The Labute approximate surface area is 143 Å². The van der Waals surface area contributed by atoms with Gasteiger partial charge in [-0.1, -0.05) is 12.1 Å². The molecular weight excluding hydrogens is 340 g/mol. The normalized spacial score (nSPS) is 15.4. The number of aromatic nitrogens is 2. The molecule has 2 heterocycles. The van der Waals surface area contributed by atoms with E-state index in [9.17, 15) is 13.2 Å². The lowest BCUT2D eigenvalue weighted by atomic mass is 10.0. The van der Waals surface area contributed by atoms with Gasteiger partial charge in [0, 0.05) is 27.9 Å². The molecule has 126 valence electrons. The molecule has 4 rings (SSSR count). The Kier molecular flexibility index (Phi) is 3.36. The largest absolute Gasteiger partial charge is 0.321 e. The zero-order valence-electron chi connectivity index (χ0n) is 13.2. The van der Waals surface area contributed by atoms with Crippen LogP contribution in [0.3, 0.4) is 0 Å². The standard InChI is InChI=1S/C17H14N4O3S/c1-25(23,24)21-12-4-5-15-13(8-12)14(17(22)19-15)6-10-2-3-11-9-18-20-16(11)7-10/h2-9,21H,1H3,(H,18,20)(H,19,22)/b14-6+. The summed E-state index contributed by atoms with van der Waals surface area (Å²) < 4.78 is 25.3. The van der Waals surface area contributed by atoms with Gasteiger partial charge in [0.15, 0.2) is 0 Å². The number of nitrogens with zero attached hydrogens (tertiary/aromatic N) is 1. The van der Waals surface area contributed by atoms with Gasteiger partial charge >= 0.3 is 0 Å². The Balaban J connectivity index is 1.78. The number of rotatable bonds is 3. The van der Waals surface area contributed by atoms with Crippen molar-refractivity contribution < 1.29 is 13.2 Å². The summed E-state index contributed by atoms with van der Waals surface area (Å²) in [6, 6.07) is 10.7. The molecule has 0 radical (unpaired) electrons. The molecule has 0 saturated heterocycles. The number of carbonyl (C=O) groups is 1. The predicted octanol–water partition coefficient (Wildman–Crippen LogP) is 2.43. The molecule has 1 aliphatic rings. The van der Waals surface area contributed by atoms with E-state index in [0.717, 1.165) is 22.7 Å². The van der Waals surface area contributed by atoms with E-state index in [0.29, 0.717) is 22.5 Å². The Bertz CT molecular complexity index is 1150. The van der Waals surface area contributed by atoms with Crippen molar-refractivity contribution in [3.8, 4) is 0 Å². The van der Waals surface area contributed by atoms with E-state index >= 15 is 0 Å². The lowest BCUT2D eigenvalue weighted by Crippen LogP contribution is -2.09. The summed E-state index contributed by atoms with van der Waals surface area (Å²) in [4.78, 5) is 12.3. The molecule has 0 atom stereocenters. The molecule has 8 heteroatoms. The summed E-state index contributed by atoms with van der Waals surface area (Å²) in [7, 11) is -3.39. The van der Waals surface area contributed by atoms with Crippen LogP contribution < -0.4 is 10.0 Å². The smallest absolute Gasteiger partial charge is 0.256 e. The Morgan fingerprint density at radius 2 is 2.00 bits per heavy atom. The van der Waals surface area contributed by atoms with Gasteiger partial charge in [-0.25, -0.2) is 8.42 Å². The fourth-order valence-electron chi connectivity index (χ4n) is 2.82. The minimum absolute atomic E-state index is 0.226. The van der Waals surface area contributed by atoms with Gasteiger partial charge in [0.25, 0.3) is 5.91 Å². The summed E-state index contributed by atoms with van der Waals surface area (Å²) in [6.07, 6.45) is 4.58. The molecule has 3 N–H and O–H groups in total. The Morgan fingerprint density at radius 1 is 1.16 bits per heavy atom. The third-order valence-electron chi connectivity index (χ3n) is 3.88. The lowest BCUT2D eigenvalue weighted by molar-refractivity contribution is -0.110. The molecule has 0 fully saturated rings. The summed E-state index contributed by atoms with van der Waals surface area (Å²) in [5.74, 6) is -0.226. The molecule has 1 amide bonds. The van der Waals surface area contributed by atoms with Gasteiger partial charge in [-0.3, -0.25) is 14.6 Å². The first-order chi connectivity index (χ1) is 11.9. The number of aromatic amines is 1. The summed E-state index contributed by atoms with van der Waals surface area (Å²) in [5, 5.41) is 10.6. The third kappa shape index (κ3) is 2.99. The number of anilines is 2. The van der Waals surface area contributed by atoms with Gasteiger partial charge in [0.2, 0.25) is 10.0 Å². The van der Waals surface area contributed by atoms with Crippen molar-refractivity contribution in [2.45, 2.75) is 0 Å². The van der Waals surface area contributed by atoms with Gasteiger partial charge in [-0.05, 0) is 35.9 Å². The van der Waals surface area contributed by atoms with Crippen LogP contribution in [-0.2, 0) is 14.8 Å². The van der Waals surface area contributed by atoms with Crippen LogP contribution >= 0.6 is 0 Å². The van der Waals surface area contributed by atoms with Crippen molar-refractivity contribution in [3.05, 3.63) is 53.7 Å². The minimum Gasteiger partial charge on any atom is -0.321 e. The number of carbonyl (C=O) groups excluding carboxylic acids is 1. The first-order valence-corrected chi connectivity index (χ1v) is 9.37. The van der Waals surface area contributed by atoms with E-state index in [1.807, 2.05) is 18.2 Å². The second kappa shape index (κ2) is 5.45. The Morgan fingerprint density at radius 3 is 2.80 bits per heavy atom. The van der Waals surface area contributed by atoms with Gasteiger partial charge in [0.05, 0.1) is 18.0 Å². The molecule has 0 unspecified atom stereocenters. The number of H-pyrrole nitrogens is 1. The van der Waals surface area contributed by atoms with Crippen LogP contribution in [0.25, 0.3) is 22.6 Å². The molecule has 25 heavy (non-hydrogen) atoms. The van der Waals surface area contributed by atoms with Crippen LogP contribution in [0.15, 0.2) is 42.6 Å². The van der Waals surface area contributed by atoms with E-state index < -0.39 is 10.0 Å². The van der Waals surface area contributed by atoms with Crippen molar-refractivity contribution in [2.75, 3.05) is 16.3 Å². The monoisotopic (exact) mass is 354 g/mol. The number of hydrogen-bond donors (Lipinski definition) is 3. The van der Waals surface area contributed by atoms with Crippen LogP contribution in [0.4, 0.5) is 11.4 Å². The molecule has 2 aromatic carbocycles. The highest BCUT2D eigenvalue weighted by atomic mass is 32.2. The molecule has 3 aromatic rings. The molecule has 1 aliphatic heterocycles. The molecule has 0 bridgehead atoms. The topological polar surface area (TPSA) is 104 Å². The van der Waals surface area contributed by atoms with E-state index in [-0.39, 0.29) is 5.91 Å². The maximum atomic E-state index is 12.3. The van der Waals surface area contributed by atoms with E-state index in [1.165, 1.54) is 0 Å². The second-order valence-corrected chi connectivity index (χ2v) is 7.61. The summed E-state index contributed by atoms with van der Waals surface area (Å²) in [6.45, 7) is 0. The van der Waals surface area contributed by atoms with Gasteiger partial charge < -0.3 is 5.32 Å². The fraction of sp³-hybridized carbons (Fsp3) is 0.0588. The number of fused-ring (bicyclic) bond motifs is 2. The van der Waals surface area contributed by atoms with Crippen molar-refractivity contribution in [2.24, 2.45) is 0 Å². The molecule has 1 aromatic heterocycles. The van der Waals surface area contributed by atoms with Crippen LogP contribution in [0, 0.1) is 0 Å². The minimum atomic E-state index is -3.39. The van der Waals surface area contributed by atoms with E-state index in [2.05, 4.69) is 20.2 Å². The van der Waals surface area contributed by atoms with Gasteiger partial charge in [-0.2, -0.15) is 5.10 Å². The average molecular weight is 354 g/mol. The highest BCUT2D eigenvalue weighted by molar-refractivity contribution is 7.92. The van der Waals surface area contributed by atoms with E-state index in [4.69, 9.17) is 0 Å². The summed E-state index contributed by atoms with van der Waals surface area (Å²) in [5.41, 5.74) is 3.91. The molecule has 0 saturated carbocycles. The highest BCUT2D eigenvalue weighted by Gasteiger charge is 2.24. The van der Waals surface area contributed by atoms with Crippen molar-refractivity contribution in [1.29, 1.82) is 0 Å². The quantitative estimate of drug-likeness (QED) is 0.628. The molecule has 0 spiro atoms. The maximum Gasteiger partial charge on any atom is 0.256 e. The fourth-order valence-corrected chi connectivity index (χ4v) is 3.38. The number of hydrogen-bond acceptors (Lipinski definition) is 4. The highest BCUT2D eigenvalue weighted by Crippen LogP contribution is 2.35. The molecular formula is C17H14N4O3S. The maximum absolute atomic E-state index is 12.3. The predicted molar refractivity (Wildman–Crippen MR) is 97.5 cm³/mol. The number of nitrogens with one attached hydrogen (secondary N) is 3. The zero-order valence-corrected chi connectivity index (χ0v) is 14.0.